The van der Waals surface area contributed by atoms with Gasteiger partial charge in [0.05, 0.1) is 18.8 Å². The Morgan fingerprint density at radius 1 is 1.33 bits per heavy atom. The van der Waals surface area contributed by atoms with Crippen LogP contribution in [0.2, 0.25) is 0 Å². The van der Waals surface area contributed by atoms with E-state index in [1.54, 1.807) is 0 Å². The van der Waals surface area contributed by atoms with Crippen molar-refractivity contribution in [3.8, 4) is 0 Å². The summed E-state index contributed by atoms with van der Waals surface area (Å²) in [4.78, 5) is 0. The standard InChI is InChI=1S/C7H12O2/c8-6-4-9-7-3-1-2-5(6)7/h5-8H,1-4H2/t5-,6-,7-/m0/s1. The largest absolute Gasteiger partial charge is 0.390 e. The molecule has 2 heteroatoms. The van der Waals surface area contributed by atoms with E-state index in [9.17, 15) is 5.11 Å². The molecule has 1 saturated carbocycles. The molecule has 0 aromatic carbocycles. The van der Waals surface area contributed by atoms with Gasteiger partial charge in [0.25, 0.3) is 0 Å². The highest BCUT2D eigenvalue weighted by Gasteiger charge is 2.38. The first-order chi connectivity index (χ1) is 4.38. The van der Waals surface area contributed by atoms with Crippen LogP contribution in [0.3, 0.4) is 0 Å². The highest BCUT2D eigenvalue weighted by atomic mass is 16.5. The summed E-state index contributed by atoms with van der Waals surface area (Å²) in [5, 5.41) is 9.27. The van der Waals surface area contributed by atoms with Crippen LogP contribution in [0, 0.1) is 5.92 Å². The summed E-state index contributed by atoms with van der Waals surface area (Å²) in [6, 6.07) is 0. The normalized spacial score (nSPS) is 49.7. The fourth-order valence-electron chi connectivity index (χ4n) is 1.95. The van der Waals surface area contributed by atoms with E-state index in [1.807, 2.05) is 0 Å². The van der Waals surface area contributed by atoms with Gasteiger partial charge in [0.1, 0.15) is 0 Å². The molecular formula is C7H12O2. The number of ether oxygens (including phenoxy) is 1. The van der Waals surface area contributed by atoms with E-state index in [-0.39, 0.29) is 6.10 Å². The summed E-state index contributed by atoms with van der Waals surface area (Å²) in [6.45, 7) is 0.579. The zero-order valence-corrected chi connectivity index (χ0v) is 5.42. The van der Waals surface area contributed by atoms with Gasteiger partial charge in [-0.15, -0.1) is 0 Å². The quantitative estimate of drug-likeness (QED) is 0.516. The second kappa shape index (κ2) is 1.96. The summed E-state index contributed by atoms with van der Waals surface area (Å²) in [5.74, 6) is 0.477. The lowest BCUT2D eigenvalue weighted by atomic mass is 10.0. The molecule has 52 valence electrons. The Morgan fingerprint density at radius 3 is 3.00 bits per heavy atom. The molecule has 2 aliphatic rings. The molecule has 1 saturated heterocycles. The van der Waals surface area contributed by atoms with Crippen LogP contribution >= 0.6 is 0 Å². The molecule has 0 amide bonds. The smallest absolute Gasteiger partial charge is 0.0826 e. The monoisotopic (exact) mass is 128 g/mol. The molecule has 3 atom stereocenters. The number of rotatable bonds is 0. The second-order valence-electron chi connectivity index (χ2n) is 3.03. The molecule has 0 bridgehead atoms. The van der Waals surface area contributed by atoms with Crippen molar-refractivity contribution in [2.24, 2.45) is 5.92 Å². The van der Waals surface area contributed by atoms with Crippen LogP contribution < -0.4 is 0 Å². The molecule has 0 aromatic heterocycles. The van der Waals surface area contributed by atoms with Gasteiger partial charge < -0.3 is 9.84 Å². The average molecular weight is 128 g/mol. The summed E-state index contributed by atoms with van der Waals surface area (Å²) in [5.41, 5.74) is 0. The van der Waals surface area contributed by atoms with Gasteiger partial charge in [0.2, 0.25) is 0 Å². The van der Waals surface area contributed by atoms with Crippen LogP contribution in [0.5, 0.6) is 0 Å². The molecule has 9 heavy (non-hydrogen) atoms. The van der Waals surface area contributed by atoms with E-state index in [2.05, 4.69) is 0 Å². The number of aliphatic hydroxyl groups is 1. The molecule has 1 heterocycles. The van der Waals surface area contributed by atoms with Crippen molar-refractivity contribution in [1.82, 2.24) is 0 Å². The minimum Gasteiger partial charge on any atom is -0.390 e. The molecule has 0 unspecified atom stereocenters. The van der Waals surface area contributed by atoms with E-state index < -0.39 is 0 Å². The van der Waals surface area contributed by atoms with Crippen molar-refractivity contribution in [3.05, 3.63) is 0 Å². The summed E-state index contributed by atoms with van der Waals surface area (Å²) in [6.07, 6.45) is 3.83. The fourth-order valence-corrected chi connectivity index (χ4v) is 1.95. The van der Waals surface area contributed by atoms with Gasteiger partial charge in [0, 0.05) is 5.92 Å². The SMILES string of the molecule is O[C@H]1CO[C@H]2CCC[C@H]21. The summed E-state index contributed by atoms with van der Waals surface area (Å²) < 4.78 is 5.34. The zero-order chi connectivity index (χ0) is 6.27. The molecule has 0 aromatic rings. The van der Waals surface area contributed by atoms with Crippen molar-refractivity contribution in [3.63, 3.8) is 0 Å². The molecule has 0 radical (unpaired) electrons. The Kier molecular flexibility index (Phi) is 1.24. The van der Waals surface area contributed by atoms with Gasteiger partial charge in [-0.25, -0.2) is 0 Å². The molecule has 0 spiro atoms. The van der Waals surface area contributed by atoms with Gasteiger partial charge in [0.15, 0.2) is 0 Å². The number of hydrogen-bond acceptors (Lipinski definition) is 2. The van der Waals surface area contributed by atoms with Crippen LogP contribution in [0.1, 0.15) is 19.3 Å². The maximum atomic E-state index is 9.27. The van der Waals surface area contributed by atoms with Gasteiger partial charge in [-0.05, 0) is 12.8 Å². The Labute approximate surface area is 54.8 Å². The van der Waals surface area contributed by atoms with E-state index in [4.69, 9.17) is 4.74 Å². The van der Waals surface area contributed by atoms with Crippen LogP contribution in [0.25, 0.3) is 0 Å². The predicted octanol–water partition coefficient (Wildman–Crippen LogP) is 0.546. The van der Waals surface area contributed by atoms with Gasteiger partial charge in [-0.1, -0.05) is 6.42 Å². The molecule has 1 aliphatic heterocycles. The first-order valence-electron chi connectivity index (χ1n) is 3.67. The lowest BCUT2D eigenvalue weighted by Crippen LogP contribution is -2.18. The predicted molar refractivity (Wildman–Crippen MR) is 33.1 cm³/mol. The van der Waals surface area contributed by atoms with E-state index >= 15 is 0 Å². The Bertz CT molecular complexity index is 113. The molecule has 2 nitrogen and oxygen atoms in total. The molecule has 2 fully saturated rings. The Hall–Kier alpha value is -0.0800. The number of fused-ring (bicyclic) bond motifs is 1. The van der Waals surface area contributed by atoms with Gasteiger partial charge >= 0.3 is 0 Å². The lowest BCUT2D eigenvalue weighted by Gasteiger charge is -2.08. The van der Waals surface area contributed by atoms with Crippen molar-refractivity contribution in [2.75, 3.05) is 6.61 Å². The Morgan fingerprint density at radius 2 is 2.22 bits per heavy atom. The molecule has 2 rings (SSSR count). The van der Waals surface area contributed by atoms with Crippen LogP contribution in [-0.4, -0.2) is 23.9 Å². The van der Waals surface area contributed by atoms with Crippen molar-refractivity contribution >= 4 is 0 Å². The number of aliphatic hydroxyl groups excluding tert-OH is 1. The Balaban J connectivity index is 2.07. The maximum absolute atomic E-state index is 9.27. The topological polar surface area (TPSA) is 29.5 Å². The molecular weight excluding hydrogens is 116 g/mol. The second-order valence-corrected chi connectivity index (χ2v) is 3.03. The number of hydrogen-bond donors (Lipinski definition) is 1. The van der Waals surface area contributed by atoms with Crippen LogP contribution in [0.4, 0.5) is 0 Å². The van der Waals surface area contributed by atoms with Gasteiger partial charge in [-0.2, -0.15) is 0 Å². The van der Waals surface area contributed by atoms with Crippen LogP contribution in [-0.2, 0) is 4.74 Å². The van der Waals surface area contributed by atoms with Crippen molar-refractivity contribution < 1.29 is 9.84 Å². The minimum absolute atomic E-state index is 0.155. The maximum Gasteiger partial charge on any atom is 0.0826 e. The third kappa shape index (κ3) is 0.775. The van der Waals surface area contributed by atoms with Gasteiger partial charge in [-0.3, -0.25) is 0 Å². The third-order valence-electron chi connectivity index (χ3n) is 2.48. The summed E-state index contributed by atoms with van der Waals surface area (Å²) >= 11 is 0. The first kappa shape index (κ1) is 5.69. The minimum atomic E-state index is -0.155. The zero-order valence-electron chi connectivity index (χ0n) is 5.42. The van der Waals surface area contributed by atoms with E-state index in [0.717, 1.165) is 0 Å². The highest BCUT2D eigenvalue weighted by Crippen LogP contribution is 2.35. The lowest BCUT2D eigenvalue weighted by molar-refractivity contribution is 0.0861. The molecule has 1 aliphatic carbocycles. The third-order valence-corrected chi connectivity index (χ3v) is 2.48. The highest BCUT2D eigenvalue weighted by molar-refractivity contribution is 4.88. The van der Waals surface area contributed by atoms with Crippen molar-refractivity contribution in [1.29, 1.82) is 0 Å². The fraction of sp³-hybridized carbons (Fsp3) is 1.00. The molecule has 1 N–H and O–H groups in total. The van der Waals surface area contributed by atoms with E-state index in [1.165, 1.54) is 19.3 Å². The van der Waals surface area contributed by atoms with Crippen LogP contribution in [0.15, 0.2) is 0 Å². The summed E-state index contributed by atoms with van der Waals surface area (Å²) in [7, 11) is 0. The average Bonchev–Trinajstić information content (AvgIpc) is 2.35. The van der Waals surface area contributed by atoms with E-state index in [0.29, 0.717) is 18.6 Å². The first-order valence-corrected chi connectivity index (χ1v) is 3.67. The van der Waals surface area contributed by atoms with Crippen molar-refractivity contribution in [2.45, 2.75) is 31.5 Å².